The molecule has 2 nitrogen and oxygen atoms in total. The van der Waals surface area contributed by atoms with Gasteiger partial charge in [-0.15, -0.1) is 0 Å². The van der Waals surface area contributed by atoms with Crippen molar-refractivity contribution in [3.63, 3.8) is 0 Å². The third-order valence-electron chi connectivity index (χ3n) is 0.915. The van der Waals surface area contributed by atoms with E-state index in [-0.39, 0.29) is 19.5 Å². The molecule has 0 N–H and O–H groups in total. The van der Waals surface area contributed by atoms with Gasteiger partial charge in [0.25, 0.3) is 0 Å². The fourth-order valence-corrected chi connectivity index (χ4v) is 2.60. The minimum atomic E-state index is 0. The van der Waals surface area contributed by atoms with E-state index in [1.165, 1.54) is 21.6 Å². The molecule has 0 unspecified atom stereocenters. The second-order valence-electron chi connectivity index (χ2n) is 2.49. The maximum absolute atomic E-state index is 5.07. The minimum Gasteiger partial charge on any atom is -0.363 e. The van der Waals surface area contributed by atoms with E-state index < -0.39 is 0 Å². The van der Waals surface area contributed by atoms with Gasteiger partial charge in [0.15, 0.2) is 0 Å². The van der Waals surface area contributed by atoms with E-state index >= 15 is 0 Å². The molecule has 0 aliphatic heterocycles. The van der Waals surface area contributed by atoms with Crippen LogP contribution in [0, 0.1) is 0 Å². The molecule has 0 spiro atoms. The molecule has 0 atom stereocenters. The van der Waals surface area contributed by atoms with E-state index in [2.05, 4.69) is 0 Å². The van der Waals surface area contributed by atoms with Crippen molar-refractivity contribution in [1.29, 1.82) is 0 Å². The molecule has 0 saturated carbocycles. The Morgan fingerprint density at radius 2 is 1.08 bits per heavy atom. The molecule has 0 radical (unpaired) electrons. The third-order valence-corrected chi connectivity index (χ3v) is 5.07. The van der Waals surface area contributed by atoms with Crippen LogP contribution < -0.4 is 0 Å². The average Bonchev–Trinajstić information content (AvgIpc) is 1.98. The van der Waals surface area contributed by atoms with Crippen molar-refractivity contribution in [3.8, 4) is 0 Å². The van der Waals surface area contributed by atoms with Gasteiger partial charge >= 0.3 is 0 Å². The molecule has 0 aliphatic carbocycles. The Morgan fingerprint density at radius 3 is 1.23 bits per heavy atom. The van der Waals surface area contributed by atoms with Gasteiger partial charge in [0.1, 0.15) is 8.64 Å². The Bertz CT molecular complexity index is 163. The standard InChI is InChI=1S/C6H12N2S4.Zn/c1-7(2)5(9)11-12-6(10)8(3)4;/h1-4H3;. The monoisotopic (exact) mass is 304 g/mol. The van der Waals surface area contributed by atoms with Gasteiger partial charge in [0, 0.05) is 47.7 Å². The average molecular weight is 306 g/mol. The molecule has 0 bridgehead atoms. The first-order chi connectivity index (χ1) is 5.45. The minimum absolute atomic E-state index is 0. The molecule has 0 rings (SSSR count). The Kier molecular flexibility index (Phi) is 10.7. The van der Waals surface area contributed by atoms with Crippen LogP contribution in [0.2, 0.25) is 0 Å². The van der Waals surface area contributed by atoms with Crippen LogP contribution in [0.3, 0.4) is 0 Å². The van der Waals surface area contributed by atoms with E-state index in [1.54, 1.807) is 0 Å². The van der Waals surface area contributed by atoms with Gasteiger partial charge in [-0.1, -0.05) is 24.4 Å². The summed E-state index contributed by atoms with van der Waals surface area (Å²) in [6.07, 6.45) is 0. The molecule has 0 heterocycles. The van der Waals surface area contributed by atoms with Crippen molar-refractivity contribution in [2.24, 2.45) is 0 Å². The van der Waals surface area contributed by atoms with E-state index in [9.17, 15) is 0 Å². The van der Waals surface area contributed by atoms with Crippen LogP contribution in [0.4, 0.5) is 0 Å². The molecular weight excluding hydrogens is 294 g/mol. The Hall–Kier alpha value is 1.10. The molecule has 0 fully saturated rings. The van der Waals surface area contributed by atoms with Crippen molar-refractivity contribution in [1.82, 2.24) is 9.80 Å². The summed E-state index contributed by atoms with van der Waals surface area (Å²) in [5.74, 6) is 0. The first kappa shape index (κ1) is 16.5. The molecule has 0 saturated heterocycles. The van der Waals surface area contributed by atoms with Crippen molar-refractivity contribution in [2.75, 3.05) is 28.2 Å². The molecule has 0 amide bonds. The van der Waals surface area contributed by atoms with E-state index in [0.29, 0.717) is 0 Å². The Balaban J connectivity index is 0. The fraction of sp³-hybridized carbons (Fsp3) is 0.667. The summed E-state index contributed by atoms with van der Waals surface area (Å²) in [4.78, 5) is 3.79. The van der Waals surface area contributed by atoms with Gasteiger partial charge in [-0.2, -0.15) is 0 Å². The molecule has 0 aromatic heterocycles. The Morgan fingerprint density at radius 1 is 0.846 bits per heavy atom. The zero-order valence-electron chi connectivity index (χ0n) is 8.23. The smallest absolute Gasteiger partial charge is 0.146 e. The largest absolute Gasteiger partial charge is 0.363 e. The van der Waals surface area contributed by atoms with E-state index in [0.717, 1.165) is 8.64 Å². The van der Waals surface area contributed by atoms with Gasteiger partial charge in [0.05, 0.1) is 0 Å². The quantitative estimate of drug-likeness (QED) is 0.381. The molecular formula is C6H12N2S4Zn. The Labute approximate surface area is 111 Å². The summed E-state index contributed by atoms with van der Waals surface area (Å²) in [6.45, 7) is 0. The van der Waals surface area contributed by atoms with Crippen molar-refractivity contribution in [2.45, 2.75) is 0 Å². The van der Waals surface area contributed by atoms with Gasteiger partial charge in [0.2, 0.25) is 0 Å². The van der Waals surface area contributed by atoms with Crippen LogP contribution in [-0.4, -0.2) is 46.6 Å². The summed E-state index contributed by atoms with van der Waals surface area (Å²) in [5, 5.41) is 0. The first-order valence-corrected chi connectivity index (χ1v) is 6.19. The number of rotatable bonds is 0. The number of thiocarbonyl (C=S) groups is 2. The molecule has 0 aliphatic rings. The summed E-state index contributed by atoms with van der Waals surface area (Å²) in [5.41, 5.74) is 0. The van der Waals surface area contributed by atoms with E-state index in [4.69, 9.17) is 24.4 Å². The maximum atomic E-state index is 5.07. The molecule has 7 heteroatoms. The molecule has 0 aromatic carbocycles. The van der Waals surface area contributed by atoms with Crippen LogP contribution in [0.15, 0.2) is 0 Å². The second-order valence-corrected chi connectivity index (χ2v) is 5.88. The second kappa shape index (κ2) is 8.41. The summed E-state index contributed by atoms with van der Waals surface area (Å²) < 4.78 is 1.67. The normalized spacial score (nSPS) is 8.62. The van der Waals surface area contributed by atoms with Crippen LogP contribution in [0.25, 0.3) is 0 Å². The predicted molar refractivity (Wildman–Crippen MR) is 67.8 cm³/mol. The number of nitrogens with zero attached hydrogens (tertiary/aromatic N) is 2. The summed E-state index contributed by atoms with van der Waals surface area (Å²) in [7, 11) is 10.7. The molecule has 0 aromatic rings. The van der Waals surface area contributed by atoms with Crippen LogP contribution >= 0.6 is 46.0 Å². The number of hydrogen-bond acceptors (Lipinski definition) is 4. The zero-order valence-corrected chi connectivity index (χ0v) is 14.5. The van der Waals surface area contributed by atoms with Crippen molar-refractivity contribution < 1.29 is 19.5 Å². The topological polar surface area (TPSA) is 6.48 Å². The first-order valence-electron chi connectivity index (χ1n) is 3.22. The van der Waals surface area contributed by atoms with Crippen LogP contribution in [-0.2, 0) is 19.5 Å². The SMILES string of the molecule is CN(C)C(=S)SSC(=S)N(C)C.[Zn]. The fourth-order valence-electron chi connectivity index (χ4n) is 0.220. The van der Waals surface area contributed by atoms with Crippen LogP contribution in [0.5, 0.6) is 0 Å². The van der Waals surface area contributed by atoms with Gasteiger partial charge in [-0.05, 0) is 21.6 Å². The third kappa shape index (κ3) is 8.12. The maximum Gasteiger partial charge on any atom is 0.146 e. The predicted octanol–water partition coefficient (Wildman–Crippen LogP) is 2.06. The number of hydrogen-bond donors (Lipinski definition) is 0. The summed E-state index contributed by atoms with van der Waals surface area (Å²) >= 11 is 10.1. The van der Waals surface area contributed by atoms with Crippen molar-refractivity contribution in [3.05, 3.63) is 0 Å². The molecule has 72 valence electrons. The van der Waals surface area contributed by atoms with Gasteiger partial charge < -0.3 is 9.80 Å². The van der Waals surface area contributed by atoms with Gasteiger partial charge in [-0.3, -0.25) is 0 Å². The summed E-state index contributed by atoms with van der Waals surface area (Å²) in [6, 6.07) is 0. The molecule has 13 heavy (non-hydrogen) atoms. The van der Waals surface area contributed by atoms with E-state index in [1.807, 2.05) is 38.0 Å². The zero-order chi connectivity index (χ0) is 9.72. The van der Waals surface area contributed by atoms with Gasteiger partial charge in [-0.25, -0.2) is 0 Å². The van der Waals surface area contributed by atoms with Crippen LogP contribution in [0.1, 0.15) is 0 Å². The van der Waals surface area contributed by atoms with Crippen molar-refractivity contribution >= 4 is 54.7 Å².